The van der Waals surface area contributed by atoms with Gasteiger partial charge >= 0.3 is 0 Å². The molecule has 1 N–H and O–H groups in total. The average molecular weight is 373 g/mol. The van der Waals surface area contributed by atoms with Gasteiger partial charge in [-0.05, 0) is 73.5 Å². The highest BCUT2D eigenvalue weighted by Crippen LogP contribution is 2.24. The van der Waals surface area contributed by atoms with E-state index in [1.54, 1.807) is 49.6 Å². The van der Waals surface area contributed by atoms with Crippen molar-refractivity contribution in [1.82, 2.24) is 0 Å². The third kappa shape index (κ3) is 3.11. The summed E-state index contributed by atoms with van der Waals surface area (Å²) in [5.74, 6) is 0.429. The number of fused-ring (bicyclic) bond motifs is 2. The predicted octanol–water partition coefficient (Wildman–Crippen LogP) is 4.82. The molecule has 0 spiro atoms. The molecule has 4 rings (SSSR count). The van der Waals surface area contributed by atoms with E-state index >= 15 is 0 Å². The van der Waals surface area contributed by atoms with Crippen LogP contribution in [-0.4, -0.2) is 13.0 Å². The Labute approximate surface area is 161 Å². The molecule has 0 saturated carbocycles. The predicted molar refractivity (Wildman–Crippen MR) is 110 cm³/mol. The van der Waals surface area contributed by atoms with E-state index in [1.807, 2.05) is 26.0 Å². The first kappa shape index (κ1) is 17.8. The van der Waals surface area contributed by atoms with Crippen LogP contribution in [0.25, 0.3) is 21.9 Å². The number of methoxy groups -OCH3 is 1. The Morgan fingerprint density at radius 3 is 2.29 bits per heavy atom. The maximum atomic E-state index is 12.8. The molecule has 1 aromatic heterocycles. The highest BCUT2D eigenvalue weighted by atomic mass is 16.5. The van der Waals surface area contributed by atoms with E-state index in [0.29, 0.717) is 38.9 Å². The second kappa shape index (κ2) is 6.85. The van der Waals surface area contributed by atoms with Gasteiger partial charge in [0, 0.05) is 17.3 Å². The van der Waals surface area contributed by atoms with Gasteiger partial charge in [0.2, 0.25) is 5.43 Å². The zero-order valence-electron chi connectivity index (χ0n) is 15.8. The van der Waals surface area contributed by atoms with Crippen LogP contribution in [0.5, 0.6) is 5.75 Å². The molecule has 0 saturated heterocycles. The topological polar surface area (TPSA) is 68.5 Å². The molecule has 1 amide bonds. The molecular weight excluding hydrogens is 354 g/mol. The zero-order chi connectivity index (χ0) is 19.8. The molecule has 1 heterocycles. The standard InChI is InChI=1S/C23H19NO4/c1-13-10-19-20(11-14(13)2)28-21-12-16(6-9-18(21)22(19)25)24-23(26)15-4-7-17(27-3)8-5-15/h4-12H,1-3H3,(H,24,26). The van der Waals surface area contributed by atoms with Gasteiger partial charge in [-0.1, -0.05) is 0 Å². The quantitative estimate of drug-likeness (QED) is 0.523. The van der Waals surface area contributed by atoms with Crippen LogP contribution >= 0.6 is 0 Å². The van der Waals surface area contributed by atoms with Crippen molar-refractivity contribution in [3.8, 4) is 5.75 Å². The summed E-state index contributed by atoms with van der Waals surface area (Å²) in [7, 11) is 1.57. The van der Waals surface area contributed by atoms with Gasteiger partial charge in [-0.15, -0.1) is 0 Å². The van der Waals surface area contributed by atoms with Gasteiger partial charge in [-0.25, -0.2) is 0 Å². The third-order valence-corrected chi connectivity index (χ3v) is 4.90. The lowest BCUT2D eigenvalue weighted by atomic mass is 10.1. The Morgan fingerprint density at radius 2 is 1.57 bits per heavy atom. The first-order valence-corrected chi connectivity index (χ1v) is 8.89. The van der Waals surface area contributed by atoms with Crippen molar-refractivity contribution >= 4 is 33.5 Å². The Kier molecular flexibility index (Phi) is 4.35. The van der Waals surface area contributed by atoms with Gasteiger partial charge in [-0.3, -0.25) is 9.59 Å². The van der Waals surface area contributed by atoms with E-state index in [1.165, 1.54) is 0 Å². The second-order valence-electron chi connectivity index (χ2n) is 6.76. The molecule has 5 nitrogen and oxygen atoms in total. The number of benzene rings is 3. The molecule has 0 aliphatic carbocycles. The average Bonchev–Trinajstić information content (AvgIpc) is 2.70. The highest BCUT2D eigenvalue weighted by Gasteiger charge is 2.12. The molecule has 0 atom stereocenters. The van der Waals surface area contributed by atoms with E-state index in [2.05, 4.69) is 5.32 Å². The van der Waals surface area contributed by atoms with Gasteiger partial charge in [0.15, 0.2) is 0 Å². The molecule has 0 aliphatic rings. The Balaban J connectivity index is 1.72. The summed E-state index contributed by atoms with van der Waals surface area (Å²) >= 11 is 0. The van der Waals surface area contributed by atoms with Crippen LogP contribution in [0.2, 0.25) is 0 Å². The second-order valence-corrected chi connectivity index (χ2v) is 6.76. The van der Waals surface area contributed by atoms with Crippen LogP contribution in [0, 0.1) is 13.8 Å². The van der Waals surface area contributed by atoms with Gasteiger partial charge in [0.1, 0.15) is 16.9 Å². The normalized spacial score (nSPS) is 11.0. The van der Waals surface area contributed by atoms with Crippen molar-refractivity contribution in [2.45, 2.75) is 13.8 Å². The van der Waals surface area contributed by atoms with E-state index in [0.717, 1.165) is 11.1 Å². The minimum Gasteiger partial charge on any atom is -0.497 e. The minimum atomic E-state index is -0.253. The molecule has 5 heteroatoms. The fourth-order valence-corrected chi connectivity index (χ4v) is 3.13. The highest BCUT2D eigenvalue weighted by molar-refractivity contribution is 6.05. The number of amides is 1. The number of carbonyl (C=O) groups excluding carboxylic acids is 1. The number of carbonyl (C=O) groups is 1. The Morgan fingerprint density at radius 1 is 0.893 bits per heavy atom. The number of hydrogen-bond donors (Lipinski definition) is 1. The third-order valence-electron chi connectivity index (χ3n) is 4.90. The van der Waals surface area contributed by atoms with Crippen molar-refractivity contribution in [1.29, 1.82) is 0 Å². The summed E-state index contributed by atoms with van der Waals surface area (Å²) in [6.07, 6.45) is 0. The van der Waals surface area contributed by atoms with E-state index in [-0.39, 0.29) is 11.3 Å². The van der Waals surface area contributed by atoms with E-state index in [9.17, 15) is 9.59 Å². The molecule has 140 valence electrons. The van der Waals surface area contributed by atoms with Crippen molar-refractivity contribution in [2.24, 2.45) is 0 Å². The lowest BCUT2D eigenvalue weighted by Gasteiger charge is -2.08. The summed E-state index contributed by atoms with van der Waals surface area (Å²) < 4.78 is 11.1. The van der Waals surface area contributed by atoms with Crippen molar-refractivity contribution in [2.75, 3.05) is 12.4 Å². The first-order chi connectivity index (χ1) is 13.5. The smallest absolute Gasteiger partial charge is 0.255 e. The van der Waals surface area contributed by atoms with Gasteiger partial charge in [-0.2, -0.15) is 0 Å². The van der Waals surface area contributed by atoms with Crippen LogP contribution in [-0.2, 0) is 0 Å². The number of rotatable bonds is 3. The molecule has 0 unspecified atom stereocenters. The molecule has 0 bridgehead atoms. The Hall–Kier alpha value is -3.60. The largest absolute Gasteiger partial charge is 0.497 e. The van der Waals surface area contributed by atoms with Crippen LogP contribution in [0.1, 0.15) is 21.5 Å². The zero-order valence-corrected chi connectivity index (χ0v) is 15.8. The number of anilines is 1. The minimum absolute atomic E-state index is 0.0765. The summed E-state index contributed by atoms with van der Waals surface area (Å²) in [6.45, 7) is 3.95. The monoisotopic (exact) mass is 373 g/mol. The molecule has 0 radical (unpaired) electrons. The van der Waals surface area contributed by atoms with Gasteiger partial charge in [0.05, 0.1) is 17.9 Å². The van der Waals surface area contributed by atoms with E-state index in [4.69, 9.17) is 9.15 Å². The summed E-state index contributed by atoms with van der Waals surface area (Å²) in [6, 6.07) is 15.6. The first-order valence-electron chi connectivity index (χ1n) is 8.89. The lowest BCUT2D eigenvalue weighted by Crippen LogP contribution is -2.12. The van der Waals surface area contributed by atoms with Crippen molar-refractivity contribution < 1.29 is 13.9 Å². The van der Waals surface area contributed by atoms with Crippen molar-refractivity contribution in [3.05, 3.63) is 81.5 Å². The summed E-state index contributed by atoms with van der Waals surface area (Å²) in [4.78, 5) is 25.3. The van der Waals surface area contributed by atoms with Gasteiger partial charge in [0.25, 0.3) is 5.91 Å². The van der Waals surface area contributed by atoms with Crippen LogP contribution < -0.4 is 15.5 Å². The SMILES string of the molecule is COc1ccc(C(=O)Nc2ccc3c(=O)c4cc(C)c(C)cc4oc3c2)cc1. The Bertz CT molecular complexity index is 1270. The van der Waals surface area contributed by atoms with E-state index < -0.39 is 0 Å². The molecule has 0 fully saturated rings. The fraction of sp³-hybridized carbons (Fsp3) is 0.130. The maximum absolute atomic E-state index is 12.8. The van der Waals surface area contributed by atoms with Crippen molar-refractivity contribution in [3.63, 3.8) is 0 Å². The van der Waals surface area contributed by atoms with Crippen LogP contribution in [0.15, 0.2) is 63.8 Å². The van der Waals surface area contributed by atoms with Crippen LogP contribution in [0.3, 0.4) is 0 Å². The maximum Gasteiger partial charge on any atom is 0.255 e. The number of nitrogens with one attached hydrogen (secondary N) is 1. The number of aryl methyl sites for hydroxylation is 2. The fourth-order valence-electron chi connectivity index (χ4n) is 3.13. The summed E-state index contributed by atoms with van der Waals surface area (Å²) in [5, 5.41) is 3.88. The lowest BCUT2D eigenvalue weighted by molar-refractivity contribution is 0.102. The molecule has 3 aromatic carbocycles. The number of hydrogen-bond acceptors (Lipinski definition) is 4. The summed E-state index contributed by atoms with van der Waals surface area (Å²) in [5.41, 5.74) is 4.06. The van der Waals surface area contributed by atoms with Crippen LogP contribution in [0.4, 0.5) is 5.69 Å². The molecule has 4 aromatic rings. The van der Waals surface area contributed by atoms with Gasteiger partial charge < -0.3 is 14.5 Å². The molecule has 0 aliphatic heterocycles. The molecular formula is C23H19NO4. The number of ether oxygens (including phenoxy) is 1. The molecule has 28 heavy (non-hydrogen) atoms.